The third-order valence-electron chi connectivity index (χ3n) is 4.02. The summed E-state index contributed by atoms with van der Waals surface area (Å²) >= 11 is 1.06. The molecule has 27 heavy (non-hydrogen) atoms. The topological polar surface area (TPSA) is 79.2 Å². The maximum absolute atomic E-state index is 13.4. The van der Waals surface area contributed by atoms with Crippen LogP contribution in [-0.2, 0) is 0 Å². The predicted molar refractivity (Wildman–Crippen MR) is 102 cm³/mol. The number of aromatic nitrogens is 3. The van der Waals surface area contributed by atoms with E-state index in [4.69, 9.17) is 0 Å². The highest BCUT2D eigenvalue weighted by Crippen LogP contribution is 2.35. The van der Waals surface area contributed by atoms with Crippen molar-refractivity contribution < 1.29 is 14.3 Å². The molecule has 0 saturated heterocycles. The summed E-state index contributed by atoms with van der Waals surface area (Å²) in [6, 6.07) is 11.1. The van der Waals surface area contributed by atoms with Crippen molar-refractivity contribution in [3.63, 3.8) is 0 Å². The molecule has 0 spiro atoms. The Kier molecular flexibility index (Phi) is 4.25. The third-order valence-corrected chi connectivity index (χ3v) is 5.03. The van der Waals surface area contributed by atoms with Crippen LogP contribution >= 0.6 is 11.3 Å². The van der Waals surface area contributed by atoms with E-state index in [0.29, 0.717) is 27.4 Å². The van der Waals surface area contributed by atoms with Gasteiger partial charge in [0, 0.05) is 18.8 Å². The average molecular weight is 380 g/mol. The van der Waals surface area contributed by atoms with Crippen molar-refractivity contribution >= 4 is 39.2 Å². The molecule has 0 saturated carbocycles. The van der Waals surface area contributed by atoms with Crippen LogP contribution in [0.5, 0.6) is 0 Å². The number of fused-ring (bicyclic) bond motifs is 1. The Morgan fingerprint density at radius 1 is 1.19 bits per heavy atom. The number of nitrogens with zero attached hydrogens (tertiary/aromatic N) is 4. The van der Waals surface area contributed by atoms with Crippen molar-refractivity contribution in [2.24, 2.45) is 0 Å². The third kappa shape index (κ3) is 3.22. The van der Waals surface area contributed by atoms with E-state index < -0.39 is 5.97 Å². The van der Waals surface area contributed by atoms with Crippen LogP contribution in [-0.4, -0.2) is 33.1 Å². The zero-order chi connectivity index (χ0) is 19.0. The molecule has 6 nitrogen and oxygen atoms in total. The predicted octanol–water partition coefficient (Wildman–Crippen LogP) is 4.36. The van der Waals surface area contributed by atoms with E-state index in [2.05, 4.69) is 15.0 Å². The van der Waals surface area contributed by atoms with Crippen molar-refractivity contribution in [3.8, 4) is 11.3 Å². The minimum atomic E-state index is -1.02. The van der Waals surface area contributed by atoms with Crippen molar-refractivity contribution in [2.45, 2.75) is 0 Å². The van der Waals surface area contributed by atoms with Crippen LogP contribution in [0, 0.1) is 5.82 Å². The number of carboxylic acid groups (broad SMARTS) is 1. The first-order chi connectivity index (χ1) is 13.0. The van der Waals surface area contributed by atoms with Gasteiger partial charge in [-0.25, -0.2) is 19.2 Å². The number of pyridine rings is 1. The number of hydrogen-bond acceptors (Lipinski definition) is 6. The Morgan fingerprint density at radius 3 is 2.63 bits per heavy atom. The lowest BCUT2D eigenvalue weighted by molar-refractivity contribution is 0.0702. The zero-order valence-electron chi connectivity index (χ0n) is 14.1. The van der Waals surface area contributed by atoms with Gasteiger partial charge in [-0.1, -0.05) is 0 Å². The lowest BCUT2D eigenvalue weighted by Crippen LogP contribution is -2.13. The van der Waals surface area contributed by atoms with Crippen LogP contribution in [0.1, 0.15) is 9.67 Å². The second-order valence-electron chi connectivity index (χ2n) is 5.78. The standard InChI is InChI=1S/C19H13FN4O2S/c1-24(13-3-2-8-21-10-13)17-16(11-4-6-12(20)7-5-11)22-14-9-15(19(25)26)27-18(14)23-17/h2-10H,1H3,(H,25,26). The summed E-state index contributed by atoms with van der Waals surface area (Å²) in [5.74, 6) is -0.843. The molecule has 134 valence electrons. The van der Waals surface area contributed by atoms with Gasteiger partial charge in [0.2, 0.25) is 0 Å². The number of anilines is 2. The Labute approximate surface area is 157 Å². The molecule has 0 aliphatic rings. The summed E-state index contributed by atoms with van der Waals surface area (Å²) in [5, 5.41) is 9.25. The lowest BCUT2D eigenvalue weighted by Gasteiger charge is -2.20. The minimum Gasteiger partial charge on any atom is -0.477 e. The second kappa shape index (κ2) is 6.73. The highest BCUT2D eigenvalue weighted by atomic mass is 32.1. The molecule has 0 fully saturated rings. The molecule has 4 rings (SSSR count). The first kappa shape index (κ1) is 17.0. The Bertz CT molecular complexity index is 1130. The van der Waals surface area contributed by atoms with Crippen LogP contribution in [0.4, 0.5) is 15.9 Å². The molecule has 0 bridgehead atoms. The first-order valence-corrected chi connectivity index (χ1v) is 8.79. The number of carboxylic acids is 1. The molecule has 0 unspecified atom stereocenters. The van der Waals surface area contributed by atoms with E-state index in [9.17, 15) is 14.3 Å². The van der Waals surface area contributed by atoms with Crippen LogP contribution < -0.4 is 4.90 Å². The fourth-order valence-electron chi connectivity index (χ4n) is 2.67. The summed E-state index contributed by atoms with van der Waals surface area (Å²) in [6.07, 6.45) is 3.36. The van der Waals surface area contributed by atoms with E-state index in [1.165, 1.54) is 18.2 Å². The second-order valence-corrected chi connectivity index (χ2v) is 6.81. The van der Waals surface area contributed by atoms with Gasteiger partial charge in [-0.05, 0) is 42.5 Å². The quantitative estimate of drug-likeness (QED) is 0.567. The van der Waals surface area contributed by atoms with Gasteiger partial charge in [0.1, 0.15) is 26.7 Å². The summed E-state index contributed by atoms with van der Waals surface area (Å²) in [5.41, 5.74) is 2.49. The highest BCUT2D eigenvalue weighted by molar-refractivity contribution is 7.20. The van der Waals surface area contributed by atoms with E-state index in [0.717, 1.165) is 17.0 Å². The SMILES string of the molecule is CN(c1cccnc1)c1nc2sc(C(=O)O)cc2nc1-c1ccc(F)cc1. The van der Waals surface area contributed by atoms with E-state index in [1.807, 2.05) is 24.1 Å². The minimum absolute atomic E-state index is 0.163. The molecule has 0 aliphatic heterocycles. The largest absolute Gasteiger partial charge is 0.477 e. The summed E-state index contributed by atoms with van der Waals surface area (Å²) in [7, 11) is 1.82. The fourth-order valence-corrected chi connectivity index (χ4v) is 3.47. The monoisotopic (exact) mass is 380 g/mol. The average Bonchev–Trinajstić information content (AvgIpc) is 3.11. The van der Waals surface area contributed by atoms with Crippen molar-refractivity contribution in [1.29, 1.82) is 0 Å². The van der Waals surface area contributed by atoms with Crippen LogP contribution in [0.15, 0.2) is 54.9 Å². The van der Waals surface area contributed by atoms with Crippen LogP contribution in [0.2, 0.25) is 0 Å². The maximum Gasteiger partial charge on any atom is 0.346 e. The van der Waals surface area contributed by atoms with Crippen molar-refractivity contribution in [2.75, 3.05) is 11.9 Å². The first-order valence-electron chi connectivity index (χ1n) is 7.97. The maximum atomic E-state index is 13.4. The smallest absolute Gasteiger partial charge is 0.346 e. The number of thiophene rings is 1. The molecule has 1 N–H and O–H groups in total. The molecule has 8 heteroatoms. The normalized spacial score (nSPS) is 10.9. The Morgan fingerprint density at radius 2 is 1.96 bits per heavy atom. The van der Waals surface area contributed by atoms with E-state index in [-0.39, 0.29) is 10.7 Å². The van der Waals surface area contributed by atoms with Crippen LogP contribution in [0.3, 0.4) is 0 Å². The number of hydrogen-bond donors (Lipinski definition) is 1. The van der Waals surface area contributed by atoms with Gasteiger partial charge in [0.15, 0.2) is 5.82 Å². The van der Waals surface area contributed by atoms with Gasteiger partial charge in [-0.3, -0.25) is 4.98 Å². The van der Waals surface area contributed by atoms with E-state index >= 15 is 0 Å². The number of aromatic carboxylic acids is 1. The number of carbonyl (C=O) groups is 1. The summed E-state index contributed by atoms with van der Waals surface area (Å²) in [4.78, 5) is 27.2. The summed E-state index contributed by atoms with van der Waals surface area (Å²) < 4.78 is 13.4. The molecular formula is C19H13FN4O2S. The number of halogens is 1. The molecule has 0 amide bonds. The molecule has 1 aromatic carbocycles. The Hall–Kier alpha value is -3.39. The van der Waals surface area contributed by atoms with E-state index in [1.54, 1.807) is 24.5 Å². The summed E-state index contributed by atoms with van der Waals surface area (Å²) in [6.45, 7) is 0. The molecular weight excluding hydrogens is 367 g/mol. The molecule has 4 aromatic rings. The van der Waals surface area contributed by atoms with Crippen LogP contribution in [0.25, 0.3) is 21.6 Å². The lowest BCUT2D eigenvalue weighted by atomic mass is 10.1. The molecule has 3 heterocycles. The van der Waals surface area contributed by atoms with Gasteiger partial charge in [0.05, 0.1) is 11.9 Å². The fraction of sp³-hybridized carbons (Fsp3) is 0.0526. The van der Waals surface area contributed by atoms with Gasteiger partial charge in [-0.15, -0.1) is 11.3 Å². The Balaban J connectivity index is 1.94. The van der Waals surface area contributed by atoms with Gasteiger partial charge < -0.3 is 10.0 Å². The van der Waals surface area contributed by atoms with Crippen molar-refractivity contribution in [1.82, 2.24) is 15.0 Å². The molecule has 0 aliphatic carbocycles. The molecule has 0 radical (unpaired) electrons. The molecule has 0 atom stereocenters. The van der Waals surface area contributed by atoms with Crippen molar-refractivity contribution in [3.05, 3.63) is 65.6 Å². The van der Waals surface area contributed by atoms with Gasteiger partial charge in [-0.2, -0.15) is 0 Å². The van der Waals surface area contributed by atoms with Gasteiger partial charge >= 0.3 is 5.97 Å². The molecule has 3 aromatic heterocycles. The number of rotatable bonds is 4. The zero-order valence-corrected chi connectivity index (χ0v) is 14.9. The van der Waals surface area contributed by atoms with Gasteiger partial charge in [0.25, 0.3) is 0 Å². The number of benzene rings is 1. The highest BCUT2D eigenvalue weighted by Gasteiger charge is 2.19.